The normalized spacial score (nSPS) is 16.6. The summed E-state index contributed by atoms with van der Waals surface area (Å²) in [5.74, 6) is -1.32. The Hall–Kier alpha value is -1.26. The highest BCUT2D eigenvalue weighted by molar-refractivity contribution is 7.12. The summed E-state index contributed by atoms with van der Waals surface area (Å²) in [6.07, 6.45) is 4.65. The minimum Gasteiger partial charge on any atom is -0.383 e. The lowest BCUT2D eigenvalue weighted by Gasteiger charge is -2.10. The standard InChI is InChI=1S/C16H16F2OS/c17-11-6-7-12(13(18)9-11)16(19)15-8-10-4-2-1-3-5-14(10)20-15/h6-9,16,19H,1-5H2. The van der Waals surface area contributed by atoms with Gasteiger partial charge in [-0.1, -0.05) is 12.5 Å². The van der Waals surface area contributed by atoms with Crippen molar-refractivity contribution < 1.29 is 13.9 Å². The van der Waals surface area contributed by atoms with Gasteiger partial charge in [-0.3, -0.25) is 0 Å². The van der Waals surface area contributed by atoms with Crippen LogP contribution in [-0.2, 0) is 12.8 Å². The molecule has 0 bridgehead atoms. The van der Waals surface area contributed by atoms with E-state index in [1.165, 1.54) is 41.8 Å². The molecule has 0 saturated carbocycles. The number of aliphatic hydroxyl groups excluding tert-OH is 1. The molecule has 0 aliphatic heterocycles. The Morgan fingerprint density at radius 1 is 1.05 bits per heavy atom. The van der Waals surface area contributed by atoms with Crippen molar-refractivity contribution in [3.8, 4) is 0 Å². The highest BCUT2D eigenvalue weighted by atomic mass is 32.1. The molecule has 20 heavy (non-hydrogen) atoms. The van der Waals surface area contributed by atoms with Gasteiger partial charge in [0.15, 0.2) is 0 Å². The van der Waals surface area contributed by atoms with Crippen LogP contribution in [0.15, 0.2) is 24.3 Å². The molecular weight excluding hydrogens is 278 g/mol. The average Bonchev–Trinajstić information content (AvgIpc) is 2.69. The van der Waals surface area contributed by atoms with Crippen molar-refractivity contribution in [1.82, 2.24) is 0 Å². The van der Waals surface area contributed by atoms with Crippen LogP contribution in [0.4, 0.5) is 8.78 Å². The number of rotatable bonds is 2. The number of aryl methyl sites for hydroxylation is 2. The molecule has 1 unspecified atom stereocenters. The van der Waals surface area contributed by atoms with Gasteiger partial charge in [-0.2, -0.15) is 0 Å². The highest BCUT2D eigenvalue weighted by Crippen LogP contribution is 2.35. The van der Waals surface area contributed by atoms with E-state index in [4.69, 9.17) is 0 Å². The second kappa shape index (κ2) is 5.62. The first-order valence-corrected chi connectivity index (χ1v) is 7.71. The van der Waals surface area contributed by atoms with Crippen LogP contribution in [0, 0.1) is 11.6 Å². The van der Waals surface area contributed by atoms with Crippen molar-refractivity contribution >= 4 is 11.3 Å². The van der Waals surface area contributed by atoms with Crippen molar-refractivity contribution in [1.29, 1.82) is 0 Å². The molecule has 0 amide bonds. The monoisotopic (exact) mass is 294 g/mol. The Morgan fingerprint density at radius 2 is 1.85 bits per heavy atom. The Bertz CT molecular complexity index is 597. The number of benzene rings is 1. The first kappa shape index (κ1) is 13.7. The van der Waals surface area contributed by atoms with Crippen LogP contribution in [-0.4, -0.2) is 5.11 Å². The second-order valence-corrected chi connectivity index (χ2v) is 6.39. The molecule has 0 saturated heterocycles. The third-order valence-corrected chi connectivity index (χ3v) is 5.08. The van der Waals surface area contributed by atoms with Gasteiger partial charge in [-0.05, 0) is 43.4 Å². The molecule has 1 aliphatic carbocycles. The summed E-state index contributed by atoms with van der Waals surface area (Å²) in [7, 11) is 0. The van der Waals surface area contributed by atoms with Gasteiger partial charge in [0.2, 0.25) is 0 Å². The Morgan fingerprint density at radius 3 is 2.65 bits per heavy atom. The number of hydrogen-bond acceptors (Lipinski definition) is 2. The molecule has 1 N–H and O–H groups in total. The zero-order valence-corrected chi connectivity index (χ0v) is 11.9. The van der Waals surface area contributed by atoms with E-state index in [1.807, 2.05) is 6.07 Å². The molecule has 1 aromatic heterocycles. The predicted octanol–water partition coefficient (Wildman–Crippen LogP) is 4.38. The van der Waals surface area contributed by atoms with Crippen molar-refractivity contribution in [2.45, 2.75) is 38.2 Å². The fourth-order valence-corrected chi connectivity index (χ4v) is 3.96. The van der Waals surface area contributed by atoms with Crippen LogP contribution >= 0.6 is 11.3 Å². The molecule has 3 rings (SSSR count). The Balaban J connectivity index is 1.92. The number of fused-ring (bicyclic) bond motifs is 1. The Kier molecular flexibility index (Phi) is 3.85. The zero-order chi connectivity index (χ0) is 14.1. The lowest BCUT2D eigenvalue weighted by Crippen LogP contribution is -2.01. The largest absolute Gasteiger partial charge is 0.383 e. The lowest BCUT2D eigenvalue weighted by molar-refractivity contribution is 0.218. The molecule has 0 spiro atoms. The van der Waals surface area contributed by atoms with Crippen LogP contribution in [0.5, 0.6) is 0 Å². The smallest absolute Gasteiger partial charge is 0.132 e. The first-order chi connectivity index (χ1) is 9.65. The van der Waals surface area contributed by atoms with E-state index in [-0.39, 0.29) is 5.56 Å². The summed E-state index contributed by atoms with van der Waals surface area (Å²) < 4.78 is 26.7. The average molecular weight is 294 g/mol. The number of hydrogen-bond donors (Lipinski definition) is 1. The summed E-state index contributed by atoms with van der Waals surface area (Å²) in [6, 6.07) is 5.30. The van der Waals surface area contributed by atoms with E-state index in [9.17, 15) is 13.9 Å². The molecular formula is C16H16F2OS. The maximum Gasteiger partial charge on any atom is 0.132 e. The fourth-order valence-electron chi connectivity index (χ4n) is 2.70. The number of aliphatic hydroxyl groups is 1. The molecule has 1 heterocycles. The van der Waals surface area contributed by atoms with E-state index >= 15 is 0 Å². The van der Waals surface area contributed by atoms with Gasteiger partial charge in [-0.25, -0.2) is 8.78 Å². The van der Waals surface area contributed by atoms with Gasteiger partial charge in [0, 0.05) is 21.4 Å². The summed E-state index contributed by atoms with van der Waals surface area (Å²) in [5.41, 5.74) is 1.42. The van der Waals surface area contributed by atoms with Crippen LogP contribution in [0.2, 0.25) is 0 Å². The molecule has 1 atom stereocenters. The van der Waals surface area contributed by atoms with Crippen LogP contribution in [0.3, 0.4) is 0 Å². The van der Waals surface area contributed by atoms with E-state index < -0.39 is 17.7 Å². The molecule has 1 nitrogen and oxygen atoms in total. The predicted molar refractivity (Wildman–Crippen MR) is 76.0 cm³/mol. The van der Waals surface area contributed by atoms with E-state index in [2.05, 4.69) is 0 Å². The molecule has 1 aliphatic rings. The number of thiophene rings is 1. The minimum absolute atomic E-state index is 0.141. The number of halogens is 2. The molecule has 106 valence electrons. The van der Waals surface area contributed by atoms with Crippen LogP contribution < -0.4 is 0 Å². The van der Waals surface area contributed by atoms with Gasteiger partial charge in [0.25, 0.3) is 0 Å². The van der Waals surface area contributed by atoms with Gasteiger partial charge >= 0.3 is 0 Å². The lowest BCUT2D eigenvalue weighted by atomic mass is 10.1. The topological polar surface area (TPSA) is 20.2 Å². The third-order valence-electron chi connectivity index (χ3n) is 3.79. The van der Waals surface area contributed by atoms with E-state index in [0.29, 0.717) is 0 Å². The van der Waals surface area contributed by atoms with Gasteiger partial charge in [0.05, 0.1) is 0 Å². The second-order valence-electron chi connectivity index (χ2n) is 5.23. The minimum atomic E-state index is -1.01. The molecule has 0 radical (unpaired) electrons. The maximum atomic E-state index is 13.7. The molecule has 1 aromatic carbocycles. The van der Waals surface area contributed by atoms with Crippen molar-refractivity contribution in [2.75, 3.05) is 0 Å². The van der Waals surface area contributed by atoms with Crippen molar-refractivity contribution in [3.63, 3.8) is 0 Å². The van der Waals surface area contributed by atoms with Gasteiger partial charge in [0.1, 0.15) is 17.7 Å². The summed E-state index contributed by atoms with van der Waals surface area (Å²) >= 11 is 1.55. The highest BCUT2D eigenvalue weighted by Gasteiger charge is 2.20. The first-order valence-electron chi connectivity index (χ1n) is 6.89. The van der Waals surface area contributed by atoms with Crippen LogP contribution in [0.25, 0.3) is 0 Å². The SMILES string of the molecule is OC(c1cc2c(s1)CCCCC2)c1ccc(F)cc1F. The maximum absolute atomic E-state index is 13.7. The van der Waals surface area contributed by atoms with Crippen LogP contribution in [0.1, 0.15) is 46.2 Å². The summed E-state index contributed by atoms with van der Waals surface area (Å²) in [4.78, 5) is 2.06. The Labute approximate surface area is 120 Å². The zero-order valence-electron chi connectivity index (χ0n) is 11.0. The summed E-state index contributed by atoms with van der Waals surface area (Å²) in [6.45, 7) is 0. The van der Waals surface area contributed by atoms with E-state index in [1.54, 1.807) is 11.3 Å². The van der Waals surface area contributed by atoms with Gasteiger partial charge < -0.3 is 5.11 Å². The fraction of sp³-hybridized carbons (Fsp3) is 0.375. The summed E-state index contributed by atoms with van der Waals surface area (Å²) in [5, 5.41) is 10.3. The molecule has 0 fully saturated rings. The van der Waals surface area contributed by atoms with E-state index in [0.717, 1.165) is 23.8 Å². The van der Waals surface area contributed by atoms with Crippen molar-refractivity contribution in [3.05, 3.63) is 56.8 Å². The molecule has 4 heteroatoms. The molecule has 2 aromatic rings. The quantitative estimate of drug-likeness (QED) is 0.815. The van der Waals surface area contributed by atoms with Crippen molar-refractivity contribution in [2.24, 2.45) is 0 Å². The van der Waals surface area contributed by atoms with Gasteiger partial charge in [-0.15, -0.1) is 11.3 Å². The third kappa shape index (κ3) is 2.63.